The molecule has 0 bridgehead atoms. The zero-order valence-corrected chi connectivity index (χ0v) is 18.9. The first-order valence-corrected chi connectivity index (χ1v) is 11.1. The molecular formula is C24H25Cl2N3O2. The third-order valence-corrected chi connectivity index (χ3v) is 6.38. The smallest absolute Gasteiger partial charge is 0.258 e. The second-order valence-electron chi connectivity index (χ2n) is 8.13. The minimum absolute atomic E-state index is 0.00555. The van der Waals surface area contributed by atoms with Crippen molar-refractivity contribution in [1.82, 2.24) is 5.32 Å². The summed E-state index contributed by atoms with van der Waals surface area (Å²) >= 11 is 12.2. The van der Waals surface area contributed by atoms with E-state index in [0.717, 1.165) is 31.2 Å². The van der Waals surface area contributed by atoms with Crippen LogP contribution in [0.5, 0.6) is 0 Å². The van der Waals surface area contributed by atoms with Gasteiger partial charge in [0.2, 0.25) is 12.5 Å². The fourth-order valence-electron chi connectivity index (χ4n) is 4.07. The van der Waals surface area contributed by atoms with E-state index in [9.17, 15) is 9.59 Å². The second-order valence-corrected chi connectivity index (χ2v) is 8.94. The number of nitrogens with one attached hydrogen (secondary N) is 2. The average molecular weight is 458 g/mol. The fraction of sp³-hybridized carbons (Fsp3) is 0.375. The highest BCUT2D eigenvalue weighted by molar-refractivity contribution is 6.40. The van der Waals surface area contributed by atoms with E-state index in [4.69, 9.17) is 29.8 Å². The van der Waals surface area contributed by atoms with Gasteiger partial charge in [-0.05, 0) is 56.0 Å². The summed E-state index contributed by atoms with van der Waals surface area (Å²) in [5.74, 6) is -0.375. The molecule has 1 aliphatic carbocycles. The van der Waals surface area contributed by atoms with E-state index in [1.807, 2.05) is 31.2 Å². The van der Waals surface area contributed by atoms with Crippen LogP contribution in [0, 0.1) is 12.0 Å². The summed E-state index contributed by atoms with van der Waals surface area (Å²) in [7, 11) is 0. The molecule has 2 aromatic rings. The minimum Gasteiger partial charge on any atom is -0.353 e. The van der Waals surface area contributed by atoms with Gasteiger partial charge in [-0.2, -0.15) is 0 Å². The number of halogens is 2. The van der Waals surface area contributed by atoms with Crippen LogP contribution in [-0.2, 0) is 11.2 Å². The van der Waals surface area contributed by atoms with Crippen LogP contribution in [-0.4, -0.2) is 24.4 Å². The van der Waals surface area contributed by atoms with Gasteiger partial charge in [-0.1, -0.05) is 54.2 Å². The van der Waals surface area contributed by atoms with Gasteiger partial charge in [-0.25, -0.2) is 6.57 Å². The molecular weight excluding hydrogens is 433 g/mol. The number of rotatable bonds is 7. The highest BCUT2D eigenvalue weighted by Crippen LogP contribution is 2.38. The lowest BCUT2D eigenvalue weighted by atomic mass is 9.85. The van der Waals surface area contributed by atoms with Crippen LogP contribution < -0.4 is 10.6 Å². The Kier molecular flexibility index (Phi) is 7.59. The molecule has 7 heteroatoms. The summed E-state index contributed by atoms with van der Waals surface area (Å²) in [6.07, 6.45) is 4.24. The molecule has 1 saturated carbocycles. The second kappa shape index (κ2) is 10.2. The first-order chi connectivity index (χ1) is 14.8. The van der Waals surface area contributed by atoms with Gasteiger partial charge in [-0.15, -0.1) is 0 Å². The molecule has 5 nitrogen and oxygen atoms in total. The molecule has 1 fully saturated rings. The van der Waals surface area contributed by atoms with Gasteiger partial charge in [0, 0.05) is 11.7 Å². The van der Waals surface area contributed by atoms with Gasteiger partial charge in [0.25, 0.3) is 5.91 Å². The Bertz CT molecular complexity index is 973. The number of hydrogen-bond donors (Lipinski definition) is 2. The Labute approximate surface area is 192 Å². The van der Waals surface area contributed by atoms with Gasteiger partial charge in [0.15, 0.2) is 0 Å². The van der Waals surface area contributed by atoms with Crippen molar-refractivity contribution in [3.8, 4) is 0 Å². The van der Waals surface area contributed by atoms with E-state index in [-0.39, 0.29) is 30.0 Å². The number of hydrogen-bond acceptors (Lipinski definition) is 2. The molecule has 2 aromatic carbocycles. The van der Waals surface area contributed by atoms with E-state index in [1.54, 1.807) is 18.2 Å². The topological polar surface area (TPSA) is 62.6 Å². The van der Waals surface area contributed by atoms with Gasteiger partial charge in [0.05, 0.1) is 15.6 Å². The van der Waals surface area contributed by atoms with Crippen LogP contribution in [0.3, 0.4) is 0 Å². The Morgan fingerprint density at radius 2 is 1.71 bits per heavy atom. The van der Waals surface area contributed by atoms with Crippen LogP contribution in [0.15, 0.2) is 42.5 Å². The Morgan fingerprint density at radius 3 is 2.29 bits per heavy atom. The lowest BCUT2D eigenvalue weighted by molar-refractivity contribution is -0.130. The molecule has 1 aliphatic rings. The van der Waals surface area contributed by atoms with Crippen molar-refractivity contribution in [2.24, 2.45) is 5.41 Å². The van der Waals surface area contributed by atoms with E-state index in [0.29, 0.717) is 22.2 Å². The highest BCUT2D eigenvalue weighted by Gasteiger charge is 2.44. The number of carbonyl (C=O) groups is 2. The van der Waals surface area contributed by atoms with Crippen LogP contribution in [0.4, 0.5) is 5.69 Å². The normalized spacial score (nSPS) is 15.7. The summed E-state index contributed by atoms with van der Waals surface area (Å²) in [4.78, 5) is 28.8. The SMILES string of the molecule is [C-]#[N+]CC1(C(=O)NC(C)Cc2ccc(NC(=O)c3c(Cl)cccc3Cl)cc2)CCCC1. The molecule has 2 amide bonds. The predicted octanol–water partition coefficient (Wildman–Crippen LogP) is 5.77. The first-order valence-electron chi connectivity index (χ1n) is 10.3. The molecule has 3 rings (SSSR count). The molecule has 0 aliphatic heterocycles. The van der Waals surface area contributed by atoms with Crippen LogP contribution in [0.2, 0.25) is 10.0 Å². The summed E-state index contributed by atoms with van der Waals surface area (Å²) < 4.78 is 0. The van der Waals surface area contributed by atoms with Gasteiger partial charge in [0.1, 0.15) is 5.41 Å². The average Bonchev–Trinajstić information content (AvgIpc) is 3.19. The van der Waals surface area contributed by atoms with Crippen molar-refractivity contribution in [3.63, 3.8) is 0 Å². The first kappa shape index (κ1) is 23.1. The number of amides is 2. The maximum atomic E-state index is 12.8. The van der Waals surface area contributed by atoms with Crippen molar-refractivity contribution in [2.45, 2.75) is 45.1 Å². The van der Waals surface area contributed by atoms with Gasteiger partial charge >= 0.3 is 0 Å². The van der Waals surface area contributed by atoms with Crippen LogP contribution in [0.25, 0.3) is 4.85 Å². The van der Waals surface area contributed by atoms with E-state index < -0.39 is 5.41 Å². The van der Waals surface area contributed by atoms with Crippen LogP contribution in [0.1, 0.15) is 48.5 Å². The highest BCUT2D eigenvalue weighted by atomic mass is 35.5. The molecule has 0 radical (unpaired) electrons. The molecule has 1 atom stereocenters. The maximum Gasteiger partial charge on any atom is 0.258 e. The van der Waals surface area contributed by atoms with Crippen LogP contribution >= 0.6 is 23.2 Å². The molecule has 0 spiro atoms. The molecule has 0 heterocycles. The summed E-state index contributed by atoms with van der Waals surface area (Å²) in [6, 6.07) is 12.3. The number of benzene rings is 2. The van der Waals surface area contributed by atoms with E-state index in [1.165, 1.54) is 0 Å². The monoisotopic (exact) mass is 457 g/mol. The van der Waals surface area contributed by atoms with Crippen molar-refractivity contribution in [2.75, 3.05) is 11.9 Å². The number of anilines is 1. The summed E-state index contributed by atoms with van der Waals surface area (Å²) in [6.45, 7) is 9.42. The van der Waals surface area contributed by atoms with Gasteiger partial charge in [-0.3, -0.25) is 9.59 Å². The molecule has 2 N–H and O–H groups in total. The Hall–Kier alpha value is -2.55. The van der Waals surface area contributed by atoms with Gasteiger partial charge < -0.3 is 15.5 Å². The third kappa shape index (κ3) is 5.58. The number of carbonyl (C=O) groups excluding carboxylic acids is 2. The van der Waals surface area contributed by atoms with E-state index >= 15 is 0 Å². The largest absolute Gasteiger partial charge is 0.353 e. The zero-order valence-electron chi connectivity index (χ0n) is 17.4. The molecule has 0 saturated heterocycles. The van der Waals surface area contributed by atoms with Crippen molar-refractivity contribution < 1.29 is 9.59 Å². The third-order valence-electron chi connectivity index (χ3n) is 5.75. The molecule has 0 aromatic heterocycles. The predicted molar refractivity (Wildman–Crippen MR) is 125 cm³/mol. The van der Waals surface area contributed by atoms with E-state index in [2.05, 4.69) is 15.5 Å². The molecule has 162 valence electrons. The lowest BCUT2D eigenvalue weighted by Gasteiger charge is -2.25. The lowest BCUT2D eigenvalue weighted by Crippen LogP contribution is -2.45. The van der Waals surface area contributed by atoms with Crippen molar-refractivity contribution in [3.05, 3.63) is 75.1 Å². The Balaban J connectivity index is 1.58. The maximum absolute atomic E-state index is 12.8. The quantitative estimate of drug-likeness (QED) is 0.518. The number of nitrogens with zero attached hydrogens (tertiary/aromatic N) is 1. The standard InChI is InChI=1S/C24H25Cl2N3O2/c1-16(28-23(31)24(15-27-2)12-3-4-13-24)14-17-8-10-18(11-9-17)29-22(30)21-19(25)6-5-7-20(21)26/h5-11,16H,3-4,12-15H2,1H3,(H,28,31)(H,29,30). The molecule has 1 unspecified atom stereocenters. The molecule has 31 heavy (non-hydrogen) atoms. The minimum atomic E-state index is -0.524. The Morgan fingerprint density at radius 1 is 1.10 bits per heavy atom. The fourth-order valence-corrected chi connectivity index (χ4v) is 4.64. The van der Waals surface area contributed by atoms with Crippen molar-refractivity contribution in [1.29, 1.82) is 0 Å². The summed E-state index contributed by atoms with van der Waals surface area (Å²) in [5.41, 5.74) is 1.38. The van der Waals surface area contributed by atoms with Crippen molar-refractivity contribution >= 4 is 40.7 Å². The zero-order chi connectivity index (χ0) is 22.4. The summed E-state index contributed by atoms with van der Waals surface area (Å²) in [5, 5.41) is 6.49.